The summed E-state index contributed by atoms with van der Waals surface area (Å²) in [5.41, 5.74) is 16.7. The van der Waals surface area contributed by atoms with Crippen LogP contribution in [0.1, 0.15) is 71.0 Å². The van der Waals surface area contributed by atoms with E-state index in [4.69, 9.17) is 16.5 Å². The summed E-state index contributed by atoms with van der Waals surface area (Å²) in [6.07, 6.45) is 4.46. The maximum atomic E-state index is 6.45. The predicted octanol–water partition coefficient (Wildman–Crippen LogP) is 4.49. The monoisotopic (exact) mass is 422 g/mol. The van der Waals surface area contributed by atoms with E-state index >= 15 is 0 Å². The Labute approximate surface area is 184 Å². The van der Waals surface area contributed by atoms with E-state index in [1.165, 1.54) is 12.8 Å². The molecule has 1 aliphatic carbocycles. The van der Waals surface area contributed by atoms with Crippen molar-refractivity contribution in [3.8, 4) is 11.4 Å². The Morgan fingerprint density at radius 2 is 1.74 bits per heavy atom. The fraction of sp³-hybridized carbons (Fsp3) is 0.522. The first kappa shape index (κ1) is 21.4. The quantitative estimate of drug-likeness (QED) is 0.432. The molecule has 31 heavy (non-hydrogen) atoms. The first-order valence-electron chi connectivity index (χ1n) is 11.3. The SMILES string of the molecule is CC(C)c1nnc2c(Nc3ccc(N)cc3)nc(NC3CCCCC3N)n(C(C)C)c1-2. The largest absolute Gasteiger partial charge is 0.399 e. The molecule has 1 saturated carbocycles. The first-order valence-corrected chi connectivity index (χ1v) is 11.3. The van der Waals surface area contributed by atoms with Gasteiger partial charge < -0.3 is 26.7 Å². The van der Waals surface area contributed by atoms with Crippen LogP contribution >= 0.6 is 0 Å². The Morgan fingerprint density at radius 3 is 2.39 bits per heavy atom. The number of aromatic nitrogens is 4. The van der Waals surface area contributed by atoms with Crippen LogP contribution in [0.5, 0.6) is 0 Å². The van der Waals surface area contributed by atoms with Crippen LogP contribution in [0.25, 0.3) is 11.4 Å². The molecule has 1 fully saturated rings. The van der Waals surface area contributed by atoms with Crippen LogP contribution in [-0.2, 0) is 0 Å². The maximum absolute atomic E-state index is 6.45. The van der Waals surface area contributed by atoms with Gasteiger partial charge in [0.1, 0.15) is 0 Å². The molecule has 6 N–H and O–H groups in total. The van der Waals surface area contributed by atoms with Gasteiger partial charge in [0.2, 0.25) is 5.95 Å². The van der Waals surface area contributed by atoms with Crippen LogP contribution in [0.2, 0.25) is 0 Å². The molecule has 0 bridgehead atoms. The molecule has 2 aliphatic heterocycles. The van der Waals surface area contributed by atoms with Gasteiger partial charge in [0.05, 0.1) is 11.4 Å². The second-order valence-electron chi connectivity index (χ2n) is 9.13. The molecule has 8 heteroatoms. The molecule has 2 unspecified atom stereocenters. The maximum Gasteiger partial charge on any atom is 0.205 e. The molecule has 0 amide bonds. The Balaban J connectivity index is 1.84. The zero-order chi connectivity index (χ0) is 22.1. The number of benzene rings is 1. The molecule has 0 radical (unpaired) electrons. The highest BCUT2D eigenvalue weighted by molar-refractivity contribution is 5.78. The summed E-state index contributed by atoms with van der Waals surface area (Å²) < 4.78 is 2.22. The van der Waals surface area contributed by atoms with E-state index in [-0.39, 0.29) is 24.0 Å². The fourth-order valence-electron chi connectivity index (χ4n) is 4.32. The summed E-state index contributed by atoms with van der Waals surface area (Å²) in [6, 6.07) is 8.13. The van der Waals surface area contributed by atoms with Gasteiger partial charge in [-0.3, -0.25) is 0 Å². The Kier molecular flexibility index (Phi) is 6.00. The summed E-state index contributed by atoms with van der Waals surface area (Å²) in [4.78, 5) is 4.99. The van der Waals surface area contributed by atoms with E-state index in [0.717, 1.165) is 47.2 Å². The Bertz CT molecular complexity index is 992. The highest BCUT2D eigenvalue weighted by Crippen LogP contribution is 2.39. The number of anilines is 4. The van der Waals surface area contributed by atoms with Gasteiger partial charge >= 0.3 is 0 Å². The molecule has 2 heterocycles. The smallest absolute Gasteiger partial charge is 0.205 e. The molecule has 3 aliphatic rings. The minimum Gasteiger partial charge on any atom is -0.399 e. The lowest BCUT2D eigenvalue weighted by molar-refractivity contribution is 0.400. The number of nitrogens with two attached hydrogens (primary N) is 2. The number of nitrogens with zero attached hydrogens (tertiary/aromatic N) is 4. The van der Waals surface area contributed by atoms with Crippen molar-refractivity contribution in [1.29, 1.82) is 0 Å². The lowest BCUT2D eigenvalue weighted by Crippen LogP contribution is -2.43. The second kappa shape index (κ2) is 8.70. The van der Waals surface area contributed by atoms with Gasteiger partial charge in [0, 0.05) is 29.5 Å². The van der Waals surface area contributed by atoms with Gasteiger partial charge in [-0.2, -0.15) is 10.1 Å². The number of hydrogen-bond acceptors (Lipinski definition) is 7. The Morgan fingerprint density at radius 1 is 1.03 bits per heavy atom. The Hall–Kier alpha value is -2.87. The predicted molar refractivity (Wildman–Crippen MR) is 127 cm³/mol. The van der Waals surface area contributed by atoms with E-state index in [1.54, 1.807) is 0 Å². The lowest BCUT2D eigenvalue weighted by Gasteiger charge is -2.32. The minimum atomic E-state index is 0.126. The van der Waals surface area contributed by atoms with E-state index < -0.39 is 0 Å². The summed E-state index contributed by atoms with van der Waals surface area (Å²) in [5, 5.41) is 16.2. The van der Waals surface area contributed by atoms with Crippen LogP contribution in [0.15, 0.2) is 24.3 Å². The number of fused-ring (bicyclic) bond motifs is 1. The van der Waals surface area contributed by atoms with Gasteiger partial charge in [-0.15, -0.1) is 5.10 Å². The molecule has 8 nitrogen and oxygen atoms in total. The average molecular weight is 423 g/mol. The van der Waals surface area contributed by atoms with Crippen molar-refractivity contribution < 1.29 is 0 Å². The summed E-state index contributed by atoms with van der Waals surface area (Å²) >= 11 is 0. The molecule has 2 atom stereocenters. The average Bonchev–Trinajstić information content (AvgIpc) is 3.16. The van der Waals surface area contributed by atoms with E-state index in [1.807, 2.05) is 24.3 Å². The first-order chi connectivity index (χ1) is 14.8. The van der Waals surface area contributed by atoms with Crippen molar-refractivity contribution in [3.05, 3.63) is 30.0 Å². The van der Waals surface area contributed by atoms with Gasteiger partial charge in [-0.1, -0.05) is 26.7 Å². The molecule has 0 aromatic heterocycles. The molecule has 4 rings (SSSR count). The van der Waals surface area contributed by atoms with E-state index in [9.17, 15) is 0 Å². The zero-order valence-electron chi connectivity index (χ0n) is 18.9. The highest BCUT2D eigenvalue weighted by atomic mass is 15.3. The van der Waals surface area contributed by atoms with Gasteiger partial charge in [0.25, 0.3) is 0 Å². The van der Waals surface area contributed by atoms with Crippen molar-refractivity contribution >= 4 is 23.1 Å². The van der Waals surface area contributed by atoms with Crippen molar-refractivity contribution in [2.45, 2.75) is 77.4 Å². The van der Waals surface area contributed by atoms with Crippen LogP contribution in [0, 0.1) is 0 Å². The van der Waals surface area contributed by atoms with Crippen molar-refractivity contribution in [1.82, 2.24) is 19.7 Å². The summed E-state index contributed by atoms with van der Waals surface area (Å²) in [7, 11) is 0. The van der Waals surface area contributed by atoms with Crippen molar-refractivity contribution in [3.63, 3.8) is 0 Å². The normalized spacial score (nSPS) is 19.3. The third-order valence-corrected chi connectivity index (χ3v) is 6.01. The molecule has 1 aromatic carbocycles. The van der Waals surface area contributed by atoms with Crippen molar-refractivity contribution in [2.24, 2.45) is 5.73 Å². The number of rotatable bonds is 6. The molecular formula is C23H34N8. The molecule has 0 spiro atoms. The minimum absolute atomic E-state index is 0.126. The van der Waals surface area contributed by atoms with E-state index in [0.29, 0.717) is 5.82 Å². The fourth-order valence-corrected chi connectivity index (χ4v) is 4.32. The molecule has 1 aromatic rings. The standard InChI is InChI=1S/C23H34N8/c1-13(2)19-21-20(30-29-19)22(26-16-11-9-15(24)10-12-16)28-23(31(21)14(3)4)27-18-8-6-5-7-17(18)25/h9-14,17-18,26H,5-8,24-25H2,1-4H3,(H,27,28). The van der Waals surface area contributed by atoms with Crippen LogP contribution in [0.4, 0.5) is 23.1 Å². The van der Waals surface area contributed by atoms with Crippen LogP contribution in [0.3, 0.4) is 0 Å². The number of hydrogen-bond donors (Lipinski definition) is 4. The van der Waals surface area contributed by atoms with Gasteiger partial charge in [-0.25, -0.2) is 0 Å². The molecule has 0 saturated heterocycles. The lowest BCUT2D eigenvalue weighted by atomic mass is 9.91. The second-order valence-corrected chi connectivity index (χ2v) is 9.13. The summed E-state index contributed by atoms with van der Waals surface area (Å²) in [6.45, 7) is 8.62. The van der Waals surface area contributed by atoms with Gasteiger partial charge in [-0.05, 0) is 56.9 Å². The van der Waals surface area contributed by atoms with Crippen LogP contribution in [-0.4, -0.2) is 31.8 Å². The highest BCUT2D eigenvalue weighted by Gasteiger charge is 2.30. The number of nitrogen functional groups attached to an aromatic ring is 1. The number of nitrogens with one attached hydrogen (secondary N) is 2. The third-order valence-electron chi connectivity index (χ3n) is 6.01. The van der Waals surface area contributed by atoms with Gasteiger partial charge in [0.15, 0.2) is 11.5 Å². The van der Waals surface area contributed by atoms with Crippen LogP contribution < -0.4 is 22.1 Å². The summed E-state index contributed by atoms with van der Waals surface area (Å²) in [5.74, 6) is 1.73. The van der Waals surface area contributed by atoms with E-state index in [2.05, 4.69) is 53.1 Å². The zero-order valence-corrected chi connectivity index (χ0v) is 18.9. The molecule has 166 valence electrons. The van der Waals surface area contributed by atoms with Crippen molar-refractivity contribution in [2.75, 3.05) is 16.4 Å². The topological polar surface area (TPSA) is 120 Å². The third kappa shape index (κ3) is 4.30. The molecular weight excluding hydrogens is 388 g/mol.